The maximum Gasteiger partial charge on any atom is 0.417 e. The highest BCUT2D eigenvalue weighted by Gasteiger charge is 2.33. The van der Waals surface area contributed by atoms with Crippen LogP contribution in [0.4, 0.5) is 13.2 Å². The first kappa shape index (κ1) is 12.3. The summed E-state index contributed by atoms with van der Waals surface area (Å²) in [6, 6.07) is 3.55. The lowest BCUT2D eigenvalue weighted by Crippen LogP contribution is -2.07. The van der Waals surface area contributed by atoms with Gasteiger partial charge in [0.05, 0.1) is 12.7 Å². The zero-order valence-corrected chi connectivity index (χ0v) is 8.41. The first-order valence-electron chi connectivity index (χ1n) is 4.36. The van der Waals surface area contributed by atoms with Gasteiger partial charge in [-0.15, -0.1) is 0 Å². The number of methoxy groups -OCH3 is 1. The number of halogens is 3. The molecule has 0 fully saturated rings. The minimum atomic E-state index is -4.48. The normalized spacial score (nSPS) is 11.8. The summed E-state index contributed by atoms with van der Waals surface area (Å²) in [7, 11) is 1.29. The summed E-state index contributed by atoms with van der Waals surface area (Å²) in [5.41, 5.74) is -0.898. The van der Waals surface area contributed by atoms with Gasteiger partial charge in [0.25, 0.3) is 0 Å². The number of carbonyl (C=O) groups is 1. The van der Waals surface area contributed by atoms with Gasteiger partial charge in [-0.3, -0.25) is 4.79 Å². The van der Waals surface area contributed by atoms with Crippen LogP contribution in [0.15, 0.2) is 24.3 Å². The summed E-state index contributed by atoms with van der Waals surface area (Å²) in [4.78, 5) is 10.1. The fourth-order valence-corrected chi connectivity index (χ4v) is 1.20. The summed E-state index contributed by atoms with van der Waals surface area (Å²) in [5.74, 6) is 0.121. The standard InChI is InChI=1S/C11H9F3O2/c1-16-9-5-4-8(3-2-6-15)10(7-9)11(12,13)14/h2-7H,1H3/b3-2+. The molecule has 0 aromatic heterocycles. The molecule has 5 heteroatoms. The molecule has 0 spiro atoms. The smallest absolute Gasteiger partial charge is 0.417 e. The van der Waals surface area contributed by atoms with Crippen LogP contribution in [-0.2, 0) is 11.0 Å². The van der Waals surface area contributed by atoms with E-state index in [1.54, 1.807) is 0 Å². The van der Waals surface area contributed by atoms with Crippen LogP contribution in [0.5, 0.6) is 5.75 Å². The highest BCUT2D eigenvalue weighted by molar-refractivity contribution is 5.75. The van der Waals surface area contributed by atoms with E-state index in [2.05, 4.69) is 0 Å². The minimum Gasteiger partial charge on any atom is -0.497 e. The van der Waals surface area contributed by atoms with E-state index in [-0.39, 0.29) is 11.3 Å². The van der Waals surface area contributed by atoms with Crippen molar-refractivity contribution in [2.24, 2.45) is 0 Å². The number of hydrogen-bond donors (Lipinski definition) is 0. The van der Waals surface area contributed by atoms with Crippen LogP contribution in [0, 0.1) is 0 Å². The number of hydrogen-bond acceptors (Lipinski definition) is 2. The molecule has 1 rings (SSSR count). The van der Waals surface area contributed by atoms with E-state index in [4.69, 9.17) is 4.74 Å². The van der Waals surface area contributed by atoms with Crippen LogP contribution < -0.4 is 4.74 Å². The first-order valence-corrected chi connectivity index (χ1v) is 4.36. The van der Waals surface area contributed by atoms with Crippen molar-refractivity contribution in [3.63, 3.8) is 0 Å². The highest BCUT2D eigenvalue weighted by atomic mass is 19.4. The van der Waals surface area contributed by atoms with Gasteiger partial charge in [-0.1, -0.05) is 12.1 Å². The molecule has 1 aromatic rings. The lowest BCUT2D eigenvalue weighted by atomic mass is 10.1. The molecule has 0 N–H and O–H groups in total. The summed E-state index contributed by atoms with van der Waals surface area (Å²) in [6.45, 7) is 0. The summed E-state index contributed by atoms with van der Waals surface area (Å²) in [5, 5.41) is 0. The number of rotatable bonds is 3. The molecule has 2 nitrogen and oxygen atoms in total. The first-order chi connectivity index (χ1) is 7.49. The van der Waals surface area contributed by atoms with Crippen molar-refractivity contribution in [3.05, 3.63) is 35.4 Å². The second-order valence-electron chi connectivity index (χ2n) is 2.95. The van der Waals surface area contributed by atoms with E-state index in [1.165, 1.54) is 19.2 Å². The van der Waals surface area contributed by atoms with Crippen molar-refractivity contribution in [3.8, 4) is 5.75 Å². The number of benzene rings is 1. The van der Waals surface area contributed by atoms with Gasteiger partial charge in [-0.25, -0.2) is 0 Å². The molecule has 0 amide bonds. The fourth-order valence-electron chi connectivity index (χ4n) is 1.20. The van der Waals surface area contributed by atoms with E-state index in [9.17, 15) is 18.0 Å². The molecule has 0 heterocycles. The molecule has 0 saturated carbocycles. The third-order valence-electron chi connectivity index (χ3n) is 1.92. The van der Waals surface area contributed by atoms with Crippen molar-refractivity contribution >= 4 is 12.4 Å². The van der Waals surface area contributed by atoms with Crippen molar-refractivity contribution in [1.29, 1.82) is 0 Å². The van der Waals surface area contributed by atoms with E-state index in [0.717, 1.165) is 18.2 Å². The van der Waals surface area contributed by atoms with Gasteiger partial charge in [0, 0.05) is 0 Å². The molecule has 0 saturated heterocycles. The summed E-state index contributed by atoms with van der Waals surface area (Å²) in [6.07, 6.45) is -1.94. The van der Waals surface area contributed by atoms with E-state index < -0.39 is 11.7 Å². The Morgan fingerprint density at radius 3 is 2.50 bits per heavy atom. The molecule has 16 heavy (non-hydrogen) atoms. The number of alkyl halides is 3. The third-order valence-corrected chi connectivity index (χ3v) is 1.92. The number of aldehydes is 1. The lowest BCUT2D eigenvalue weighted by Gasteiger charge is -2.11. The largest absolute Gasteiger partial charge is 0.497 e. The van der Waals surface area contributed by atoms with Crippen LogP contribution in [0.2, 0.25) is 0 Å². The van der Waals surface area contributed by atoms with Gasteiger partial charge in [-0.05, 0) is 23.8 Å². The Labute approximate surface area is 90.3 Å². The van der Waals surface area contributed by atoms with Crippen molar-refractivity contribution in [2.45, 2.75) is 6.18 Å². The van der Waals surface area contributed by atoms with Gasteiger partial charge in [0.1, 0.15) is 12.0 Å². The third kappa shape index (κ3) is 2.85. The second kappa shape index (κ2) is 4.83. The lowest BCUT2D eigenvalue weighted by molar-refractivity contribution is -0.137. The number of ether oxygens (including phenoxy) is 1. The Morgan fingerprint density at radius 1 is 1.31 bits per heavy atom. The molecule has 0 aliphatic heterocycles. The topological polar surface area (TPSA) is 26.3 Å². The molecule has 0 atom stereocenters. The maximum absolute atomic E-state index is 12.6. The quantitative estimate of drug-likeness (QED) is 0.589. The van der Waals surface area contributed by atoms with Crippen molar-refractivity contribution < 1.29 is 22.7 Å². The van der Waals surface area contributed by atoms with Crippen LogP contribution >= 0.6 is 0 Å². The molecule has 86 valence electrons. The Kier molecular flexibility index (Phi) is 3.71. The SMILES string of the molecule is COc1ccc(/C=C/C=O)c(C(F)(F)F)c1. The van der Waals surface area contributed by atoms with E-state index >= 15 is 0 Å². The Balaban J connectivity index is 3.27. The Bertz CT molecular complexity index is 408. The van der Waals surface area contributed by atoms with Crippen molar-refractivity contribution in [1.82, 2.24) is 0 Å². The predicted molar refractivity (Wildman–Crippen MR) is 53.1 cm³/mol. The van der Waals surface area contributed by atoms with E-state index in [1.807, 2.05) is 0 Å². The molecular formula is C11H9F3O2. The Morgan fingerprint density at radius 2 is 2.00 bits per heavy atom. The molecular weight excluding hydrogens is 221 g/mol. The molecule has 0 aliphatic rings. The van der Waals surface area contributed by atoms with Crippen LogP contribution in [0.1, 0.15) is 11.1 Å². The minimum absolute atomic E-state index is 0.0691. The van der Waals surface area contributed by atoms with Gasteiger partial charge in [-0.2, -0.15) is 13.2 Å². The number of allylic oxidation sites excluding steroid dienone is 1. The average Bonchev–Trinajstić information content (AvgIpc) is 2.25. The van der Waals surface area contributed by atoms with Gasteiger partial charge in [0.2, 0.25) is 0 Å². The van der Waals surface area contributed by atoms with Gasteiger partial charge >= 0.3 is 6.18 Å². The highest BCUT2D eigenvalue weighted by Crippen LogP contribution is 2.34. The fraction of sp³-hybridized carbons (Fsp3) is 0.182. The molecule has 0 aliphatic carbocycles. The molecule has 1 aromatic carbocycles. The summed E-state index contributed by atoms with van der Waals surface area (Å²) < 4.78 is 42.6. The van der Waals surface area contributed by atoms with E-state index in [0.29, 0.717) is 6.29 Å². The van der Waals surface area contributed by atoms with Gasteiger partial charge < -0.3 is 4.74 Å². The summed E-state index contributed by atoms with van der Waals surface area (Å²) >= 11 is 0. The van der Waals surface area contributed by atoms with Crippen molar-refractivity contribution in [2.75, 3.05) is 7.11 Å². The second-order valence-corrected chi connectivity index (χ2v) is 2.95. The average molecular weight is 230 g/mol. The molecule has 0 radical (unpaired) electrons. The zero-order chi connectivity index (χ0) is 12.2. The molecule has 0 bridgehead atoms. The predicted octanol–water partition coefficient (Wildman–Crippen LogP) is 2.93. The number of carbonyl (C=O) groups excluding carboxylic acids is 1. The molecule has 0 unspecified atom stereocenters. The Hall–Kier alpha value is -1.78. The van der Waals surface area contributed by atoms with Crippen LogP contribution in [0.3, 0.4) is 0 Å². The monoisotopic (exact) mass is 230 g/mol. The van der Waals surface area contributed by atoms with Crippen LogP contribution in [0.25, 0.3) is 6.08 Å². The van der Waals surface area contributed by atoms with Gasteiger partial charge in [0.15, 0.2) is 0 Å². The zero-order valence-electron chi connectivity index (χ0n) is 8.41. The maximum atomic E-state index is 12.6. The van der Waals surface area contributed by atoms with Crippen LogP contribution in [-0.4, -0.2) is 13.4 Å².